The van der Waals surface area contributed by atoms with Crippen LogP contribution in [0.4, 0.5) is 0 Å². The van der Waals surface area contributed by atoms with E-state index in [1.165, 1.54) is 50.8 Å². The molecule has 0 aliphatic heterocycles. The molecule has 0 amide bonds. The standard InChI is InChI=1S/C45H52N4O/c1-9-13-39-45(44-31(7)21-30(6)22-32(44)8)41(14-10-2)49(47-39)34-24-33(28(3)4)25-36(26-34)50-35-17-18-38-37-15-11-12-16-40(37)48(42(38)27-35)43-23-29(5)19-20-46-43/h11-12,15-21,23-28,30,32,44H,9-10,13-14,22H2,1-8H3/t30-,32-,44?/m0/s1. The Morgan fingerprint density at radius 3 is 2.36 bits per heavy atom. The number of rotatable bonds is 10. The van der Waals surface area contributed by atoms with Crippen LogP contribution in [-0.4, -0.2) is 19.3 Å². The Labute approximate surface area is 298 Å². The summed E-state index contributed by atoms with van der Waals surface area (Å²) in [5, 5.41) is 7.83. The summed E-state index contributed by atoms with van der Waals surface area (Å²) in [6.45, 7) is 18.3. The van der Waals surface area contributed by atoms with E-state index in [0.717, 1.165) is 59.7 Å². The minimum atomic E-state index is 0.333. The summed E-state index contributed by atoms with van der Waals surface area (Å²) < 4.78 is 11.3. The van der Waals surface area contributed by atoms with E-state index in [2.05, 4.69) is 137 Å². The lowest BCUT2D eigenvalue weighted by Gasteiger charge is -2.33. The third-order valence-corrected chi connectivity index (χ3v) is 10.6. The monoisotopic (exact) mass is 664 g/mol. The number of fused-ring (bicyclic) bond motifs is 3. The van der Waals surface area contributed by atoms with Crippen molar-refractivity contribution in [3.05, 3.63) is 119 Å². The van der Waals surface area contributed by atoms with Crippen molar-refractivity contribution < 1.29 is 4.74 Å². The van der Waals surface area contributed by atoms with Gasteiger partial charge in [-0.1, -0.05) is 84.2 Å². The topological polar surface area (TPSA) is 44.9 Å². The van der Waals surface area contributed by atoms with E-state index in [9.17, 15) is 0 Å². The van der Waals surface area contributed by atoms with Gasteiger partial charge in [-0.25, -0.2) is 9.67 Å². The number of para-hydroxylation sites is 1. The van der Waals surface area contributed by atoms with Crippen molar-refractivity contribution >= 4 is 21.8 Å². The summed E-state index contributed by atoms with van der Waals surface area (Å²) in [5.41, 5.74) is 11.3. The van der Waals surface area contributed by atoms with Crippen LogP contribution in [0.25, 0.3) is 33.3 Å². The van der Waals surface area contributed by atoms with Gasteiger partial charge in [-0.05, 0) is 104 Å². The molecule has 5 nitrogen and oxygen atoms in total. The van der Waals surface area contributed by atoms with Gasteiger partial charge in [0.05, 0.1) is 22.4 Å². The fourth-order valence-electron chi connectivity index (χ4n) is 8.45. The zero-order valence-corrected chi connectivity index (χ0v) is 31.1. The normalized spacial score (nSPS) is 17.9. The molecule has 1 aliphatic rings. The van der Waals surface area contributed by atoms with Gasteiger partial charge in [-0.3, -0.25) is 4.57 Å². The first-order valence-corrected chi connectivity index (χ1v) is 18.7. The molecule has 0 N–H and O–H groups in total. The Hall–Kier alpha value is -4.64. The van der Waals surface area contributed by atoms with Crippen molar-refractivity contribution in [1.29, 1.82) is 0 Å². The van der Waals surface area contributed by atoms with Gasteiger partial charge in [0.25, 0.3) is 0 Å². The first-order valence-electron chi connectivity index (χ1n) is 18.7. The van der Waals surface area contributed by atoms with Gasteiger partial charge in [0.1, 0.15) is 17.3 Å². The first-order chi connectivity index (χ1) is 24.2. The average molecular weight is 665 g/mol. The van der Waals surface area contributed by atoms with Gasteiger partial charge >= 0.3 is 0 Å². The van der Waals surface area contributed by atoms with Crippen molar-refractivity contribution in [2.24, 2.45) is 11.8 Å². The van der Waals surface area contributed by atoms with Gasteiger partial charge in [-0.2, -0.15) is 5.10 Å². The molecule has 3 heterocycles. The molecule has 0 saturated carbocycles. The fraction of sp³-hybridized carbons (Fsp3) is 0.378. The van der Waals surface area contributed by atoms with Crippen LogP contribution in [0.15, 0.2) is 90.6 Å². The van der Waals surface area contributed by atoms with Crippen LogP contribution in [0, 0.1) is 18.8 Å². The van der Waals surface area contributed by atoms with E-state index in [1.54, 1.807) is 0 Å². The van der Waals surface area contributed by atoms with Crippen LogP contribution in [0.2, 0.25) is 0 Å². The summed E-state index contributed by atoms with van der Waals surface area (Å²) in [7, 11) is 0. The van der Waals surface area contributed by atoms with E-state index in [0.29, 0.717) is 23.7 Å². The summed E-state index contributed by atoms with van der Waals surface area (Å²) in [5.74, 6) is 4.48. The number of hydrogen-bond acceptors (Lipinski definition) is 3. The number of benzene rings is 3. The predicted octanol–water partition coefficient (Wildman–Crippen LogP) is 12.2. The van der Waals surface area contributed by atoms with Crippen LogP contribution in [-0.2, 0) is 12.8 Å². The third-order valence-electron chi connectivity index (χ3n) is 10.6. The highest BCUT2D eigenvalue weighted by atomic mass is 16.5. The first kappa shape index (κ1) is 33.8. The minimum Gasteiger partial charge on any atom is -0.457 e. The lowest BCUT2D eigenvalue weighted by atomic mass is 9.72. The molecule has 0 saturated heterocycles. The second-order valence-electron chi connectivity index (χ2n) is 15.0. The molecule has 0 radical (unpaired) electrons. The molecule has 1 unspecified atom stereocenters. The molecule has 1 aliphatic carbocycles. The molecule has 258 valence electrons. The van der Waals surface area contributed by atoms with Crippen molar-refractivity contribution in [3.63, 3.8) is 0 Å². The molecule has 3 aromatic carbocycles. The smallest absolute Gasteiger partial charge is 0.137 e. The van der Waals surface area contributed by atoms with Crippen LogP contribution >= 0.6 is 0 Å². The highest BCUT2D eigenvalue weighted by Crippen LogP contribution is 2.44. The molecule has 6 aromatic rings. The van der Waals surface area contributed by atoms with Gasteiger partial charge in [-0.15, -0.1) is 0 Å². The lowest BCUT2D eigenvalue weighted by molar-refractivity contribution is 0.389. The quantitative estimate of drug-likeness (QED) is 0.137. The molecule has 3 aromatic heterocycles. The lowest BCUT2D eigenvalue weighted by Crippen LogP contribution is -2.21. The summed E-state index contributed by atoms with van der Waals surface area (Å²) >= 11 is 0. The van der Waals surface area contributed by atoms with Crippen LogP contribution in [0.3, 0.4) is 0 Å². The SMILES string of the molecule is CCCc1nn(-c2cc(Oc3ccc4c5ccccc5n(-c5cc(C)ccn5)c4c3)cc(C(C)C)c2)c(CCC)c1C1C(C)=C[C@H](C)C[C@@H]1C. The highest BCUT2D eigenvalue weighted by molar-refractivity contribution is 6.09. The molecule has 0 spiro atoms. The van der Waals surface area contributed by atoms with Gasteiger partial charge in [0.15, 0.2) is 0 Å². The Balaban J connectivity index is 1.36. The van der Waals surface area contributed by atoms with Crippen LogP contribution in [0.5, 0.6) is 11.5 Å². The second-order valence-corrected chi connectivity index (χ2v) is 15.0. The Morgan fingerprint density at radius 1 is 0.840 bits per heavy atom. The maximum Gasteiger partial charge on any atom is 0.137 e. The van der Waals surface area contributed by atoms with E-state index in [1.807, 2.05) is 12.3 Å². The summed E-state index contributed by atoms with van der Waals surface area (Å²) in [6, 6.07) is 25.9. The summed E-state index contributed by atoms with van der Waals surface area (Å²) in [4.78, 5) is 4.77. The van der Waals surface area contributed by atoms with Gasteiger partial charge in [0.2, 0.25) is 0 Å². The third kappa shape index (κ3) is 6.27. The van der Waals surface area contributed by atoms with E-state index in [4.69, 9.17) is 14.8 Å². The number of aryl methyl sites for hydroxylation is 2. The van der Waals surface area contributed by atoms with Crippen LogP contribution < -0.4 is 4.74 Å². The highest BCUT2D eigenvalue weighted by Gasteiger charge is 2.33. The zero-order valence-electron chi connectivity index (χ0n) is 31.1. The Morgan fingerprint density at radius 2 is 1.62 bits per heavy atom. The number of ether oxygens (including phenoxy) is 1. The molecule has 3 atom stereocenters. The maximum absolute atomic E-state index is 6.81. The van der Waals surface area contributed by atoms with E-state index >= 15 is 0 Å². The second kappa shape index (κ2) is 13.9. The number of hydrogen-bond donors (Lipinski definition) is 0. The van der Waals surface area contributed by atoms with Crippen LogP contribution in [0.1, 0.15) is 108 Å². The Kier molecular flexibility index (Phi) is 9.43. The zero-order chi connectivity index (χ0) is 35.1. The molecule has 7 rings (SSSR count). The van der Waals surface area contributed by atoms with Gasteiger partial charge < -0.3 is 4.74 Å². The Bertz CT molecular complexity index is 2200. The summed E-state index contributed by atoms with van der Waals surface area (Å²) in [6.07, 6.45) is 9.74. The largest absolute Gasteiger partial charge is 0.457 e. The average Bonchev–Trinajstić information content (AvgIpc) is 3.59. The van der Waals surface area contributed by atoms with Crippen molar-refractivity contribution in [3.8, 4) is 23.0 Å². The molecular formula is C45H52N4O. The molecular weight excluding hydrogens is 613 g/mol. The maximum atomic E-state index is 6.81. The predicted molar refractivity (Wildman–Crippen MR) is 208 cm³/mol. The minimum absolute atomic E-state index is 0.333. The van der Waals surface area contributed by atoms with Crippen molar-refractivity contribution in [1.82, 2.24) is 19.3 Å². The van der Waals surface area contributed by atoms with E-state index in [-0.39, 0.29) is 0 Å². The number of pyridine rings is 1. The number of nitrogens with zero attached hydrogens (tertiary/aromatic N) is 4. The number of aromatic nitrogens is 4. The van der Waals surface area contributed by atoms with Gasteiger partial charge in [0, 0.05) is 46.3 Å². The molecule has 5 heteroatoms. The molecule has 0 bridgehead atoms. The molecule has 50 heavy (non-hydrogen) atoms. The van der Waals surface area contributed by atoms with Crippen molar-refractivity contribution in [2.45, 2.75) is 99.3 Å². The fourth-order valence-corrected chi connectivity index (χ4v) is 8.45. The van der Waals surface area contributed by atoms with Crippen molar-refractivity contribution in [2.75, 3.05) is 0 Å². The molecule has 0 fully saturated rings. The number of allylic oxidation sites excluding steroid dienone is 2. The van der Waals surface area contributed by atoms with E-state index < -0.39 is 0 Å².